The van der Waals surface area contributed by atoms with Crippen LogP contribution in [0.3, 0.4) is 0 Å². The number of amides is 10. The van der Waals surface area contributed by atoms with Crippen LogP contribution >= 0.6 is 0 Å². The summed E-state index contributed by atoms with van der Waals surface area (Å²) in [6.07, 6.45) is 40.2. The van der Waals surface area contributed by atoms with Gasteiger partial charge >= 0.3 is 0 Å². The van der Waals surface area contributed by atoms with Crippen molar-refractivity contribution in [1.82, 2.24) is 53.2 Å². The van der Waals surface area contributed by atoms with Crippen LogP contribution in [0, 0.1) is 0 Å². The number of carbonyl (C=O) groups is 20. The molecule has 0 aliphatic heterocycles. The first-order valence-corrected chi connectivity index (χ1v) is 46.9. The third kappa shape index (κ3) is 71.9. The molecule has 0 spiro atoms. The number of rotatable bonds is 89. The lowest BCUT2D eigenvalue weighted by Gasteiger charge is -2.07. The summed E-state index contributed by atoms with van der Waals surface area (Å²) >= 11 is 0. The van der Waals surface area contributed by atoms with Crippen molar-refractivity contribution < 1.29 is 95.9 Å². The zero-order chi connectivity index (χ0) is 90.1. The van der Waals surface area contributed by atoms with Crippen molar-refractivity contribution in [2.45, 2.75) is 399 Å². The van der Waals surface area contributed by atoms with Gasteiger partial charge in [-0.2, -0.15) is 0 Å². The maximum absolute atomic E-state index is 12.4. The second kappa shape index (κ2) is 80.8. The summed E-state index contributed by atoms with van der Waals surface area (Å²) in [5, 5.41) is 26.8. The maximum atomic E-state index is 12.4. The second-order valence-electron chi connectivity index (χ2n) is 32.5. The molecule has 10 N–H and O–H groups in total. The summed E-state index contributed by atoms with van der Waals surface area (Å²) in [4.78, 5) is 242. The van der Waals surface area contributed by atoms with Crippen LogP contribution in [0.5, 0.6) is 0 Å². The number of Topliss-reactive ketones (excluding diaryl/α,β-unsaturated/α-hetero) is 10. The topological polar surface area (TPSA) is 462 Å². The van der Waals surface area contributed by atoms with E-state index in [2.05, 4.69) is 53.2 Å². The molecule has 30 nitrogen and oxygen atoms in total. The molecule has 694 valence electrons. The molecule has 0 aliphatic carbocycles. The Morgan fingerprint density at radius 3 is 0.336 bits per heavy atom. The molecule has 0 aromatic rings. The number of unbranched alkanes of at least 4 members (excludes halogenated alkanes) is 40. The molecule has 10 amide bonds. The Kier molecular flexibility index (Phi) is 75.1. The number of hydrogen-bond acceptors (Lipinski definition) is 20. The van der Waals surface area contributed by atoms with Crippen molar-refractivity contribution in [3.05, 3.63) is 0 Å². The van der Waals surface area contributed by atoms with E-state index in [1.165, 1.54) is 6.92 Å². The predicted molar refractivity (Wildman–Crippen MR) is 469 cm³/mol. The third-order valence-corrected chi connectivity index (χ3v) is 21.2. The van der Waals surface area contributed by atoms with Crippen LogP contribution < -0.4 is 53.2 Å². The fourth-order valence-electron chi connectivity index (χ4n) is 13.5. The molecule has 0 bridgehead atoms. The minimum Gasteiger partial charge on any atom is -0.356 e. The Morgan fingerprint density at radius 1 is 0.123 bits per heavy atom. The van der Waals surface area contributed by atoms with Crippen molar-refractivity contribution in [3.63, 3.8) is 0 Å². The van der Waals surface area contributed by atoms with Crippen molar-refractivity contribution in [3.8, 4) is 0 Å². The van der Waals surface area contributed by atoms with Crippen LogP contribution in [-0.4, -0.2) is 182 Å². The molecule has 0 aromatic heterocycles. The molecule has 0 aromatic carbocycles. The molecule has 30 heteroatoms. The van der Waals surface area contributed by atoms with Crippen molar-refractivity contribution >= 4 is 117 Å². The fraction of sp³-hybridized carbons (Fsp3) is 0.783. The number of ketones is 10. The standard InChI is InChI=1S/C92H156N10O20/c1-73(103)53-33-13-3-24-44-64-94-84(114)76(106)55-35-15-5-26-46-66-96-86(116)78(108)57-37-17-7-28-48-68-98-88(118)80(110)59-39-19-9-30-50-70-100-90(120)82(112)61-41-21-11-32-52-72-102-92(122)83(113)62-42-22-12-31-51-71-101-91(121)81(111)60-40-20-10-29-49-69-99-89(119)79(109)58-38-18-8-27-47-67-97-87(117)77(107)56-36-16-6-25-45-65-95-85(115)75(105)54-34-14-4-23-43-63-93-74(2)104/h3-72H2,1-2H3,(H,93,104)(H,94,114)(H,95,115)(H,96,116)(H,97,117)(H,98,118)(H,99,119)(H,100,120)(H,101,121)(H,102,122). The van der Waals surface area contributed by atoms with E-state index in [1.54, 1.807) is 6.92 Å². The van der Waals surface area contributed by atoms with Crippen LogP contribution in [0.4, 0.5) is 0 Å². The van der Waals surface area contributed by atoms with Gasteiger partial charge in [0, 0.05) is 137 Å². The van der Waals surface area contributed by atoms with E-state index < -0.39 is 105 Å². The third-order valence-electron chi connectivity index (χ3n) is 21.2. The molecule has 0 unspecified atom stereocenters. The maximum Gasteiger partial charge on any atom is 0.287 e. The normalized spacial score (nSPS) is 10.9. The van der Waals surface area contributed by atoms with Gasteiger partial charge in [-0.3, -0.25) is 91.1 Å². The van der Waals surface area contributed by atoms with Gasteiger partial charge in [-0.05, 0) is 135 Å². The summed E-state index contributed by atoms with van der Waals surface area (Å²) in [6.45, 7) is 7.20. The molecular formula is C92H156N10O20. The first-order valence-electron chi connectivity index (χ1n) is 46.9. The minimum atomic E-state index is -0.607. The molecule has 0 radical (unpaired) electrons. The van der Waals surface area contributed by atoms with Gasteiger partial charge in [0.2, 0.25) is 58.0 Å². The summed E-state index contributed by atoms with van der Waals surface area (Å²) in [5.74, 6) is -9.17. The summed E-state index contributed by atoms with van der Waals surface area (Å²) in [7, 11) is 0. The van der Waals surface area contributed by atoms with E-state index >= 15 is 0 Å². The fourth-order valence-corrected chi connectivity index (χ4v) is 13.5. The summed E-state index contributed by atoms with van der Waals surface area (Å²) in [5.41, 5.74) is 0. The predicted octanol–water partition coefficient (Wildman–Crippen LogP) is 11.3. The second-order valence-corrected chi connectivity index (χ2v) is 32.5. The van der Waals surface area contributed by atoms with Gasteiger partial charge in [-0.1, -0.05) is 193 Å². The smallest absolute Gasteiger partial charge is 0.287 e. The summed E-state index contributed by atoms with van der Waals surface area (Å²) in [6, 6.07) is 0. The van der Waals surface area contributed by atoms with Crippen molar-refractivity contribution in [1.29, 1.82) is 0 Å². The van der Waals surface area contributed by atoms with Gasteiger partial charge in [0.05, 0.1) is 0 Å². The number of hydrogen-bond donors (Lipinski definition) is 10. The zero-order valence-electron chi connectivity index (χ0n) is 74.7. The van der Waals surface area contributed by atoms with Gasteiger partial charge in [0.1, 0.15) is 5.78 Å². The quantitative estimate of drug-likeness (QED) is 0.0200. The lowest BCUT2D eigenvalue weighted by Crippen LogP contribution is -2.31. The van der Waals surface area contributed by atoms with Gasteiger partial charge < -0.3 is 58.0 Å². The van der Waals surface area contributed by atoms with E-state index in [1.807, 2.05) is 0 Å². The van der Waals surface area contributed by atoms with Gasteiger partial charge in [0.15, 0.2) is 0 Å². The monoisotopic (exact) mass is 1720 g/mol. The molecule has 0 aliphatic rings. The van der Waals surface area contributed by atoms with Gasteiger partial charge in [0.25, 0.3) is 53.2 Å². The summed E-state index contributed by atoms with van der Waals surface area (Å²) < 4.78 is 0. The van der Waals surface area contributed by atoms with Gasteiger partial charge in [-0.25, -0.2) is 0 Å². The SMILES string of the molecule is CC(=O)CCCCCCCNC(=O)C(=O)CCCCCCCNC(=O)C(=O)CCCCCCCNC(=O)C(=O)CCCCCCCNC(=O)C(=O)CCCCCCCNC(=O)C(=O)CCCCCCCNC(=O)C(=O)CCCCCCCNC(=O)C(=O)CCCCCCCNC(=O)C(=O)CCCCCCCNC(=O)C(=O)CCCCCCCNC(C)=O. The Morgan fingerprint density at radius 2 is 0.221 bits per heavy atom. The van der Waals surface area contributed by atoms with Crippen LogP contribution in [0.1, 0.15) is 399 Å². The molecule has 0 rings (SSSR count). The molecule has 0 heterocycles. The Bertz CT molecular complexity index is 2880. The number of nitrogens with one attached hydrogen (secondary N) is 10. The molecule has 0 saturated heterocycles. The van der Waals surface area contributed by atoms with E-state index in [-0.39, 0.29) is 69.5 Å². The van der Waals surface area contributed by atoms with E-state index in [0.717, 1.165) is 218 Å². The van der Waals surface area contributed by atoms with Crippen molar-refractivity contribution in [2.24, 2.45) is 0 Å². The first-order chi connectivity index (χ1) is 58.9. The Labute approximate surface area is 727 Å². The highest BCUT2D eigenvalue weighted by atomic mass is 16.2. The van der Waals surface area contributed by atoms with E-state index in [4.69, 9.17) is 0 Å². The van der Waals surface area contributed by atoms with Gasteiger partial charge in [-0.15, -0.1) is 0 Å². The van der Waals surface area contributed by atoms with Crippen molar-refractivity contribution in [2.75, 3.05) is 65.4 Å². The van der Waals surface area contributed by atoms with Crippen LogP contribution in [0.15, 0.2) is 0 Å². The zero-order valence-corrected chi connectivity index (χ0v) is 74.7. The van der Waals surface area contributed by atoms with Crippen LogP contribution in [-0.2, 0) is 95.9 Å². The number of carbonyl (C=O) groups excluding carboxylic acids is 20. The molecule has 0 fully saturated rings. The minimum absolute atomic E-state index is 0.0442. The lowest BCUT2D eigenvalue weighted by molar-refractivity contribution is -0.138. The average molecular weight is 1720 g/mol. The van der Waals surface area contributed by atoms with Crippen LogP contribution in [0.25, 0.3) is 0 Å². The van der Waals surface area contributed by atoms with E-state index in [0.29, 0.717) is 175 Å². The molecule has 122 heavy (non-hydrogen) atoms. The first kappa shape index (κ1) is 113. The highest BCUT2D eigenvalue weighted by Crippen LogP contribution is 2.15. The Balaban J connectivity index is 3.70. The van der Waals surface area contributed by atoms with Crippen LogP contribution in [0.2, 0.25) is 0 Å². The average Bonchev–Trinajstić information content (AvgIpc) is 1.02. The van der Waals surface area contributed by atoms with E-state index in [9.17, 15) is 95.9 Å². The molecule has 0 atom stereocenters. The molecule has 0 saturated carbocycles. The Hall–Kier alpha value is -8.60. The lowest BCUT2D eigenvalue weighted by atomic mass is 10.1. The largest absolute Gasteiger partial charge is 0.356 e. The highest BCUT2D eigenvalue weighted by molar-refractivity contribution is 6.39. The highest BCUT2D eigenvalue weighted by Gasteiger charge is 2.21. The molecular weight excluding hydrogens is 1570 g/mol.